The van der Waals surface area contributed by atoms with E-state index in [1.165, 1.54) is 12.1 Å². The summed E-state index contributed by atoms with van der Waals surface area (Å²) in [6.07, 6.45) is 0.393. The van der Waals surface area contributed by atoms with Crippen LogP contribution < -0.4 is 15.2 Å². The molecular formula is C16H15BrFNO2. The first kappa shape index (κ1) is 14.4. The van der Waals surface area contributed by atoms with Gasteiger partial charge >= 0.3 is 0 Å². The normalized spacial score (nSPS) is 20.6. The van der Waals surface area contributed by atoms with Crippen molar-refractivity contribution in [2.75, 3.05) is 7.11 Å². The highest BCUT2D eigenvalue weighted by atomic mass is 79.9. The number of fused-ring (bicyclic) bond motifs is 1. The van der Waals surface area contributed by atoms with Crippen LogP contribution in [0.3, 0.4) is 0 Å². The summed E-state index contributed by atoms with van der Waals surface area (Å²) in [6, 6.07) is 9.92. The van der Waals surface area contributed by atoms with Gasteiger partial charge in [-0.15, -0.1) is 0 Å². The number of benzene rings is 2. The Morgan fingerprint density at radius 1 is 1.24 bits per heavy atom. The van der Waals surface area contributed by atoms with Crippen molar-refractivity contribution in [1.82, 2.24) is 0 Å². The third-order valence-electron chi connectivity index (χ3n) is 3.66. The summed E-state index contributed by atoms with van der Waals surface area (Å²) in [6.45, 7) is 0. The van der Waals surface area contributed by atoms with E-state index in [-0.39, 0.29) is 18.0 Å². The molecule has 2 aromatic rings. The van der Waals surface area contributed by atoms with E-state index in [2.05, 4.69) is 15.9 Å². The standard InChI is InChI=1S/C16H15BrFNO2/c1-20-10-3-4-13(17)11(7-10)16-8-14(19)12-6-9(18)2-5-15(12)21-16/h2-7,14,16H,8,19H2,1H3. The second-order valence-electron chi connectivity index (χ2n) is 5.02. The Morgan fingerprint density at radius 3 is 2.81 bits per heavy atom. The van der Waals surface area contributed by atoms with Crippen molar-refractivity contribution < 1.29 is 13.9 Å². The Kier molecular flexibility index (Phi) is 3.87. The van der Waals surface area contributed by atoms with Gasteiger partial charge in [-0.3, -0.25) is 0 Å². The molecule has 0 saturated heterocycles. The average molecular weight is 352 g/mol. The fourth-order valence-electron chi connectivity index (χ4n) is 2.56. The number of nitrogens with two attached hydrogens (primary N) is 1. The van der Waals surface area contributed by atoms with Crippen LogP contribution in [-0.4, -0.2) is 7.11 Å². The quantitative estimate of drug-likeness (QED) is 0.884. The zero-order valence-electron chi connectivity index (χ0n) is 11.5. The maximum atomic E-state index is 13.3. The Balaban J connectivity index is 1.97. The van der Waals surface area contributed by atoms with Crippen molar-refractivity contribution in [2.45, 2.75) is 18.6 Å². The monoisotopic (exact) mass is 351 g/mol. The number of hydrogen-bond acceptors (Lipinski definition) is 3. The molecule has 1 aliphatic rings. The van der Waals surface area contributed by atoms with Crippen LogP contribution in [0.2, 0.25) is 0 Å². The van der Waals surface area contributed by atoms with Gasteiger partial charge in [-0.05, 0) is 36.4 Å². The molecule has 2 aromatic carbocycles. The molecule has 5 heteroatoms. The van der Waals surface area contributed by atoms with Crippen LogP contribution in [0.5, 0.6) is 11.5 Å². The molecule has 110 valence electrons. The summed E-state index contributed by atoms with van der Waals surface area (Å²) in [4.78, 5) is 0. The van der Waals surface area contributed by atoms with Crippen LogP contribution in [0.4, 0.5) is 4.39 Å². The zero-order chi connectivity index (χ0) is 15.0. The molecule has 0 radical (unpaired) electrons. The van der Waals surface area contributed by atoms with Crippen LogP contribution in [-0.2, 0) is 0 Å². The predicted molar refractivity (Wildman–Crippen MR) is 82.0 cm³/mol. The lowest BCUT2D eigenvalue weighted by Gasteiger charge is -2.31. The fourth-order valence-corrected chi connectivity index (χ4v) is 3.06. The van der Waals surface area contributed by atoms with E-state index in [0.717, 1.165) is 15.8 Å². The van der Waals surface area contributed by atoms with Crippen LogP contribution in [0, 0.1) is 5.82 Å². The van der Waals surface area contributed by atoms with Gasteiger partial charge in [0.25, 0.3) is 0 Å². The van der Waals surface area contributed by atoms with Crippen LogP contribution in [0.15, 0.2) is 40.9 Å². The lowest BCUT2D eigenvalue weighted by molar-refractivity contribution is 0.160. The molecule has 0 amide bonds. The van der Waals surface area contributed by atoms with E-state index < -0.39 is 0 Å². The fraction of sp³-hybridized carbons (Fsp3) is 0.250. The van der Waals surface area contributed by atoms with Gasteiger partial charge < -0.3 is 15.2 Å². The van der Waals surface area contributed by atoms with Crippen molar-refractivity contribution in [2.24, 2.45) is 5.73 Å². The second-order valence-corrected chi connectivity index (χ2v) is 5.87. The SMILES string of the molecule is COc1ccc(Br)c(C2CC(N)c3cc(F)ccc3O2)c1. The minimum atomic E-state index is -0.297. The molecular weight excluding hydrogens is 337 g/mol. The highest BCUT2D eigenvalue weighted by molar-refractivity contribution is 9.10. The first-order valence-corrected chi connectivity index (χ1v) is 7.43. The van der Waals surface area contributed by atoms with Crippen LogP contribution >= 0.6 is 15.9 Å². The van der Waals surface area contributed by atoms with Crippen LogP contribution in [0.25, 0.3) is 0 Å². The van der Waals surface area contributed by atoms with Gasteiger partial charge in [-0.1, -0.05) is 15.9 Å². The van der Waals surface area contributed by atoms with Crippen molar-refractivity contribution in [3.63, 3.8) is 0 Å². The van der Waals surface area contributed by atoms with Crippen LogP contribution in [0.1, 0.15) is 29.7 Å². The molecule has 3 rings (SSSR count). The third kappa shape index (κ3) is 2.76. The lowest BCUT2D eigenvalue weighted by Crippen LogP contribution is -2.24. The molecule has 0 fully saturated rings. The topological polar surface area (TPSA) is 44.5 Å². The van der Waals surface area contributed by atoms with Gasteiger partial charge in [0.15, 0.2) is 0 Å². The molecule has 2 unspecified atom stereocenters. The van der Waals surface area contributed by atoms with E-state index in [9.17, 15) is 4.39 Å². The molecule has 0 aromatic heterocycles. The molecule has 0 saturated carbocycles. The summed E-state index contributed by atoms with van der Waals surface area (Å²) >= 11 is 3.53. The number of methoxy groups -OCH3 is 1. The molecule has 0 aliphatic carbocycles. The summed E-state index contributed by atoms with van der Waals surface area (Å²) in [5.41, 5.74) is 7.86. The maximum absolute atomic E-state index is 13.3. The van der Waals surface area contributed by atoms with Gasteiger partial charge in [0.1, 0.15) is 23.4 Å². The van der Waals surface area contributed by atoms with Crippen molar-refractivity contribution >= 4 is 15.9 Å². The predicted octanol–water partition coefficient (Wildman–Crippen LogP) is 4.12. The molecule has 0 spiro atoms. The lowest BCUT2D eigenvalue weighted by atomic mass is 9.93. The Bertz CT molecular complexity index is 677. The smallest absolute Gasteiger partial charge is 0.127 e. The van der Waals surface area contributed by atoms with Gasteiger partial charge in [0.05, 0.1) is 7.11 Å². The second kappa shape index (κ2) is 5.66. The highest BCUT2D eigenvalue weighted by Gasteiger charge is 2.28. The molecule has 0 bridgehead atoms. The molecule has 1 heterocycles. The first-order chi connectivity index (χ1) is 10.1. The van der Waals surface area contributed by atoms with E-state index in [1.807, 2.05) is 18.2 Å². The number of rotatable bonds is 2. The Labute approximate surface area is 131 Å². The molecule has 1 aliphatic heterocycles. The highest BCUT2D eigenvalue weighted by Crippen LogP contribution is 2.42. The maximum Gasteiger partial charge on any atom is 0.127 e. The van der Waals surface area contributed by atoms with E-state index in [0.29, 0.717) is 17.7 Å². The number of hydrogen-bond donors (Lipinski definition) is 1. The molecule has 2 N–H and O–H groups in total. The van der Waals surface area contributed by atoms with Crippen molar-refractivity contribution in [1.29, 1.82) is 0 Å². The van der Waals surface area contributed by atoms with E-state index in [4.69, 9.17) is 15.2 Å². The van der Waals surface area contributed by atoms with Crippen molar-refractivity contribution in [3.8, 4) is 11.5 Å². The van der Waals surface area contributed by atoms with E-state index in [1.54, 1.807) is 13.2 Å². The molecule has 2 atom stereocenters. The van der Waals surface area contributed by atoms with Gasteiger partial charge in [-0.2, -0.15) is 0 Å². The molecule has 3 nitrogen and oxygen atoms in total. The minimum Gasteiger partial charge on any atom is -0.497 e. The van der Waals surface area contributed by atoms with Gasteiger partial charge in [0.2, 0.25) is 0 Å². The van der Waals surface area contributed by atoms with Gasteiger partial charge in [-0.25, -0.2) is 4.39 Å². The summed E-state index contributed by atoms with van der Waals surface area (Å²) in [7, 11) is 1.62. The van der Waals surface area contributed by atoms with Gasteiger partial charge in [0, 0.05) is 28.1 Å². The average Bonchev–Trinajstić information content (AvgIpc) is 2.48. The van der Waals surface area contributed by atoms with E-state index >= 15 is 0 Å². The number of ether oxygens (including phenoxy) is 2. The summed E-state index contributed by atoms with van der Waals surface area (Å²) in [5, 5.41) is 0. The largest absolute Gasteiger partial charge is 0.497 e. The zero-order valence-corrected chi connectivity index (χ0v) is 13.1. The van der Waals surface area contributed by atoms with Crippen molar-refractivity contribution in [3.05, 3.63) is 57.8 Å². The summed E-state index contributed by atoms with van der Waals surface area (Å²) in [5.74, 6) is 1.10. The third-order valence-corrected chi connectivity index (χ3v) is 4.38. The molecule has 21 heavy (non-hydrogen) atoms. The number of halogens is 2. The summed E-state index contributed by atoms with van der Waals surface area (Å²) < 4.78 is 25.5. The Hall–Kier alpha value is -1.59. The first-order valence-electron chi connectivity index (χ1n) is 6.63. The minimum absolute atomic E-state index is 0.192. The Morgan fingerprint density at radius 2 is 2.05 bits per heavy atom.